The number of halogens is 3. The molecule has 0 aromatic carbocycles. The summed E-state index contributed by atoms with van der Waals surface area (Å²) in [7, 11) is 1.85. The molecule has 2 aromatic rings. The molecule has 4 rings (SSSR count). The van der Waals surface area contributed by atoms with E-state index in [0.29, 0.717) is 36.0 Å². The Morgan fingerprint density at radius 3 is 2.53 bits per heavy atom. The summed E-state index contributed by atoms with van der Waals surface area (Å²) in [5, 5.41) is 9.26. The van der Waals surface area contributed by atoms with Crippen molar-refractivity contribution in [2.75, 3.05) is 27.9 Å². The number of aromatic nitrogens is 3. The van der Waals surface area contributed by atoms with Gasteiger partial charge in [0.15, 0.2) is 5.82 Å². The second kappa shape index (κ2) is 8.10. The molecule has 1 aliphatic carbocycles. The first-order valence-corrected chi connectivity index (χ1v) is 10.5. The number of pyridine rings is 1. The third kappa shape index (κ3) is 4.28. The number of nitrogens with one attached hydrogen (secondary N) is 3. The number of amides is 1. The predicted octanol–water partition coefficient (Wildman–Crippen LogP) is 3.67. The van der Waals surface area contributed by atoms with Gasteiger partial charge in [0, 0.05) is 25.3 Å². The maximum absolute atomic E-state index is 12.9. The number of likely N-dealkylation sites (N-methyl/N-ethyl adjacent to an activating group) is 1. The highest BCUT2D eigenvalue weighted by molar-refractivity contribution is 6.03. The number of anilines is 4. The van der Waals surface area contributed by atoms with Crippen molar-refractivity contribution in [2.24, 2.45) is 5.92 Å². The number of carbonyl (C=O) groups excluding carboxylic acids is 1. The van der Waals surface area contributed by atoms with Crippen LogP contribution in [0.5, 0.6) is 0 Å². The molecular weight excluding hydrogens is 423 g/mol. The van der Waals surface area contributed by atoms with Crippen molar-refractivity contribution in [3.8, 4) is 0 Å². The fraction of sp³-hybridized carbons (Fsp3) is 0.524. The Labute approximate surface area is 184 Å². The van der Waals surface area contributed by atoms with Gasteiger partial charge < -0.3 is 20.9 Å². The largest absolute Gasteiger partial charge is 0.416 e. The van der Waals surface area contributed by atoms with Crippen molar-refractivity contribution in [1.29, 1.82) is 0 Å². The highest BCUT2D eigenvalue weighted by Gasteiger charge is 2.36. The molecule has 0 radical (unpaired) electrons. The summed E-state index contributed by atoms with van der Waals surface area (Å²) < 4.78 is 38.6. The van der Waals surface area contributed by atoms with E-state index < -0.39 is 11.7 Å². The van der Waals surface area contributed by atoms with E-state index in [-0.39, 0.29) is 35.8 Å². The Balaban J connectivity index is 1.40. The highest BCUT2D eigenvalue weighted by atomic mass is 19.4. The lowest BCUT2D eigenvalue weighted by Gasteiger charge is -2.38. The first-order chi connectivity index (χ1) is 15.0. The van der Waals surface area contributed by atoms with Gasteiger partial charge in [0.2, 0.25) is 11.9 Å². The number of carbonyl (C=O) groups is 1. The van der Waals surface area contributed by atoms with E-state index in [1.165, 1.54) is 0 Å². The van der Waals surface area contributed by atoms with E-state index in [0.717, 1.165) is 18.3 Å². The van der Waals surface area contributed by atoms with Crippen LogP contribution >= 0.6 is 0 Å². The van der Waals surface area contributed by atoms with Gasteiger partial charge >= 0.3 is 6.18 Å². The van der Waals surface area contributed by atoms with Crippen molar-refractivity contribution in [3.05, 3.63) is 29.6 Å². The van der Waals surface area contributed by atoms with E-state index in [4.69, 9.17) is 0 Å². The average molecular weight is 449 g/mol. The molecule has 8 nitrogen and oxygen atoms in total. The first-order valence-electron chi connectivity index (χ1n) is 10.5. The summed E-state index contributed by atoms with van der Waals surface area (Å²) in [6.45, 7) is 5.79. The zero-order chi connectivity index (χ0) is 23.2. The van der Waals surface area contributed by atoms with E-state index in [9.17, 15) is 18.0 Å². The molecule has 0 saturated heterocycles. The van der Waals surface area contributed by atoms with Crippen LogP contribution in [0, 0.1) is 12.8 Å². The highest BCUT2D eigenvalue weighted by Crippen LogP contribution is 2.35. The molecule has 172 valence electrons. The maximum Gasteiger partial charge on any atom is 0.416 e. The molecule has 1 fully saturated rings. The molecule has 0 spiro atoms. The van der Waals surface area contributed by atoms with Crippen LogP contribution < -0.4 is 20.9 Å². The molecule has 1 amide bonds. The van der Waals surface area contributed by atoms with Crippen LogP contribution in [0.15, 0.2) is 18.3 Å². The molecule has 3 N–H and O–H groups in total. The van der Waals surface area contributed by atoms with Gasteiger partial charge in [-0.25, -0.2) is 9.97 Å². The van der Waals surface area contributed by atoms with Crippen molar-refractivity contribution in [3.63, 3.8) is 0 Å². The molecule has 0 unspecified atom stereocenters. The molecule has 32 heavy (non-hydrogen) atoms. The van der Waals surface area contributed by atoms with Crippen LogP contribution in [-0.2, 0) is 11.0 Å². The minimum atomic E-state index is -4.40. The molecule has 1 saturated carbocycles. The van der Waals surface area contributed by atoms with Crippen LogP contribution in [0.3, 0.4) is 0 Å². The number of aryl methyl sites for hydroxylation is 1. The molecule has 1 atom stereocenters. The number of alkyl halides is 3. The molecule has 0 bridgehead atoms. The fourth-order valence-corrected chi connectivity index (χ4v) is 4.21. The lowest BCUT2D eigenvalue weighted by molar-refractivity contribution is -0.137. The Bertz CT molecular complexity index is 1020. The lowest BCUT2D eigenvalue weighted by Crippen LogP contribution is -2.50. The zero-order valence-corrected chi connectivity index (χ0v) is 18.3. The van der Waals surface area contributed by atoms with Gasteiger partial charge in [-0.15, -0.1) is 0 Å². The summed E-state index contributed by atoms with van der Waals surface area (Å²) in [4.78, 5) is 27.4. The number of hydrogen-bond acceptors (Lipinski definition) is 7. The van der Waals surface area contributed by atoms with Gasteiger partial charge in [-0.05, 0) is 37.8 Å². The smallest absolute Gasteiger partial charge is 0.367 e. The van der Waals surface area contributed by atoms with Crippen LogP contribution in [0.2, 0.25) is 0 Å². The summed E-state index contributed by atoms with van der Waals surface area (Å²) in [5.41, 5.74) is 0.559. The number of fused-ring (bicyclic) bond motifs is 1. The first kappa shape index (κ1) is 22.1. The number of nitrogens with zero attached hydrogens (tertiary/aromatic N) is 4. The molecule has 1 aliphatic heterocycles. The van der Waals surface area contributed by atoms with Crippen molar-refractivity contribution < 1.29 is 18.0 Å². The fourth-order valence-electron chi connectivity index (χ4n) is 4.21. The van der Waals surface area contributed by atoms with Crippen molar-refractivity contribution in [2.45, 2.75) is 57.9 Å². The van der Waals surface area contributed by atoms with E-state index >= 15 is 0 Å². The van der Waals surface area contributed by atoms with Crippen molar-refractivity contribution >= 4 is 29.2 Å². The SMILES string of the molecule is Cc1nc(NC2CC(Nc3cc(C(F)(F)F)ccn3)C2)nc2c1NC(=O)[C@H](C(C)C)N2C. The van der Waals surface area contributed by atoms with Gasteiger partial charge in [0.25, 0.3) is 0 Å². The van der Waals surface area contributed by atoms with Crippen LogP contribution in [0.1, 0.15) is 37.9 Å². The van der Waals surface area contributed by atoms with Crippen LogP contribution in [-0.4, -0.2) is 46.0 Å². The average Bonchev–Trinajstić information content (AvgIpc) is 2.66. The topological polar surface area (TPSA) is 95.1 Å². The quantitative estimate of drug-likeness (QED) is 0.641. The van der Waals surface area contributed by atoms with Crippen LogP contribution in [0.25, 0.3) is 0 Å². The van der Waals surface area contributed by atoms with Crippen LogP contribution in [0.4, 0.5) is 36.4 Å². The molecule has 11 heteroatoms. The second-order valence-corrected chi connectivity index (χ2v) is 8.70. The van der Waals surface area contributed by atoms with Gasteiger partial charge in [0.05, 0.1) is 11.3 Å². The number of hydrogen-bond donors (Lipinski definition) is 3. The normalized spacial score (nSPS) is 22.8. The predicted molar refractivity (Wildman–Crippen MR) is 116 cm³/mol. The summed E-state index contributed by atoms with van der Waals surface area (Å²) in [5.74, 6) is 1.38. The zero-order valence-electron chi connectivity index (χ0n) is 18.3. The van der Waals surface area contributed by atoms with E-state index in [1.54, 1.807) is 0 Å². The minimum Gasteiger partial charge on any atom is -0.367 e. The molecule has 2 aliphatic rings. The Morgan fingerprint density at radius 1 is 1.19 bits per heavy atom. The van der Waals surface area contributed by atoms with Gasteiger partial charge in [-0.3, -0.25) is 4.79 Å². The Hall–Kier alpha value is -3.11. The lowest BCUT2D eigenvalue weighted by atomic mass is 9.87. The maximum atomic E-state index is 12.9. The summed E-state index contributed by atoms with van der Waals surface area (Å²) in [6.07, 6.45) is -1.86. The molecule has 2 aromatic heterocycles. The Morgan fingerprint density at radius 2 is 1.88 bits per heavy atom. The second-order valence-electron chi connectivity index (χ2n) is 8.70. The van der Waals surface area contributed by atoms with Gasteiger partial charge in [-0.2, -0.15) is 18.2 Å². The number of rotatable bonds is 5. The minimum absolute atomic E-state index is 0.00879. The van der Waals surface area contributed by atoms with Gasteiger partial charge in [-0.1, -0.05) is 13.8 Å². The molecule has 3 heterocycles. The van der Waals surface area contributed by atoms with Crippen molar-refractivity contribution in [1.82, 2.24) is 15.0 Å². The third-order valence-electron chi connectivity index (χ3n) is 5.88. The molecular formula is C21H26F3N7O. The standard InChI is InChI=1S/C21H26F3N7O/c1-10(2)17-19(32)29-16-11(3)26-20(30-18(16)31(17)4)28-14-8-13(9-14)27-15-7-12(5-6-25-15)21(22,23)24/h5-7,10,13-14,17H,8-9H2,1-4H3,(H,25,27)(H,29,32)(H,26,28,30)/t13?,14?,17-/m0/s1. The third-order valence-corrected chi connectivity index (χ3v) is 5.88. The Kier molecular flexibility index (Phi) is 5.59. The van der Waals surface area contributed by atoms with E-state index in [2.05, 4.69) is 30.9 Å². The summed E-state index contributed by atoms with van der Waals surface area (Å²) >= 11 is 0. The van der Waals surface area contributed by atoms with E-state index in [1.807, 2.05) is 32.7 Å². The monoisotopic (exact) mass is 449 g/mol. The van der Waals surface area contributed by atoms with Gasteiger partial charge in [0.1, 0.15) is 17.5 Å². The summed E-state index contributed by atoms with van der Waals surface area (Å²) in [6, 6.07) is 1.75.